The predicted octanol–water partition coefficient (Wildman–Crippen LogP) is 3.12. The molecule has 0 radical (unpaired) electrons. The summed E-state index contributed by atoms with van der Waals surface area (Å²) in [5.41, 5.74) is 0. The second kappa shape index (κ2) is 9.20. The van der Waals surface area contributed by atoms with Crippen LogP contribution in [-0.2, 0) is 4.74 Å². The molecule has 102 valence electrons. The van der Waals surface area contributed by atoms with Crippen LogP contribution < -0.4 is 10.1 Å². The van der Waals surface area contributed by atoms with Gasteiger partial charge in [-0.1, -0.05) is 18.5 Å². The molecule has 18 heavy (non-hydrogen) atoms. The molecule has 0 aromatic heterocycles. The van der Waals surface area contributed by atoms with Gasteiger partial charge < -0.3 is 14.8 Å². The van der Waals surface area contributed by atoms with Crippen molar-refractivity contribution in [3.63, 3.8) is 0 Å². The van der Waals surface area contributed by atoms with E-state index in [9.17, 15) is 0 Å². The van der Waals surface area contributed by atoms with Crippen LogP contribution in [0.25, 0.3) is 0 Å². The first kappa shape index (κ1) is 15.3. The van der Waals surface area contributed by atoms with E-state index in [-0.39, 0.29) is 6.04 Å². The molecule has 0 spiro atoms. The van der Waals surface area contributed by atoms with E-state index < -0.39 is 0 Å². The molecule has 1 atom stereocenters. The summed E-state index contributed by atoms with van der Waals surface area (Å²) in [5, 5.41) is 4.13. The zero-order chi connectivity index (χ0) is 13.2. The van der Waals surface area contributed by atoms with E-state index in [1.54, 1.807) is 0 Å². The number of nitrogens with one attached hydrogen (secondary N) is 1. The van der Waals surface area contributed by atoms with Crippen molar-refractivity contribution in [1.29, 1.82) is 0 Å². The lowest BCUT2D eigenvalue weighted by Gasteiger charge is -2.18. The van der Waals surface area contributed by atoms with Crippen LogP contribution in [0.4, 0.5) is 0 Å². The van der Waals surface area contributed by atoms with E-state index in [2.05, 4.69) is 12.2 Å². The highest BCUT2D eigenvalue weighted by atomic mass is 35.5. The Morgan fingerprint density at radius 1 is 1.17 bits per heavy atom. The van der Waals surface area contributed by atoms with Crippen LogP contribution in [0.5, 0.6) is 5.75 Å². The second-order valence-corrected chi connectivity index (χ2v) is 4.51. The minimum absolute atomic E-state index is 0.223. The highest BCUT2D eigenvalue weighted by molar-refractivity contribution is 6.30. The Balaban J connectivity index is 2.37. The third kappa shape index (κ3) is 6.24. The lowest BCUT2D eigenvalue weighted by atomic mass is 10.3. The fraction of sp³-hybridized carbons (Fsp3) is 0.571. The predicted molar refractivity (Wildman–Crippen MR) is 75.5 cm³/mol. The largest absolute Gasteiger partial charge is 0.492 e. The maximum atomic E-state index is 5.82. The summed E-state index contributed by atoms with van der Waals surface area (Å²) < 4.78 is 11.2. The zero-order valence-electron chi connectivity index (χ0n) is 11.1. The Morgan fingerprint density at radius 3 is 2.50 bits per heavy atom. The third-order valence-electron chi connectivity index (χ3n) is 2.47. The van der Waals surface area contributed by atoms with Crippen LogP contribution in [0.15, 0.2) is 24.3 Å². The van der Waals surface area contributed by atoms with Gasteiger partial charge in [-0.15, -0.1) is 0 Å². The van der Waals surface area contributed by atoms with Gasteiger partial charge in [0.1, 0.15) is 12.4 Å². The van der Waals surface area contributed by atoms with Gasteiger partial charge in [0.25, 0.3) is 0 Å². The molecule has 0 fully saturated rings. The fourth-order valence-corrected chi connectivity index (χ4v) is 1.63. The molecule has 1 unspecified atom stereocenters. The van der Waals surface area contributed by atoms with Crippen LogP contribution in [0.2, 0.25) is 5.02 Å². The van der Waals surface area contributed by atoms with Crippen molar-refractivity contribution >= 4 is 11.6 Å². The smallest absolute Gasteiger partial charge is 0.119 e. The van der Waals surface area contributed by atoms with Gasteiger partial charge in [0.2, 0.25) is 0 Å². The molecular formula is C14H22ClNO2. The topological polar surface area (TPSA) is 30.5 Å². The van der Waals surface area contributed by atoms with Crippen molar-refractivity contribution in [2.45, 2.75) is 26.3 Å². The number of hydrogen-bond acceptors (Lipinski definition) is 3. The Morgan fingerprint density at radius 2 is 1.89 bits per heavy atom. The Labute approximate surface area is 114 Å². The highest BCUT2D eigenvalue weighted by Gasteiger charge is 2.08. The van der Waals surface area contributed by atoms with Gasteiger partial charge in [-0.3, -0.25) is 0 Å². The zero-order valence-corrected chi connectivity index (χ0v) is 11.9. The van der Waals surface area contributed by atoms with Gasteiger partial charge in [-0.2, -0.15) is 0 Å². The van der Waals surface area contributed by atoms with Gasteiger partial charge in [0, 0.05) is 11.6 Å². The van der Waals surface area contributed by atoms with Crippen molar-refractivity contribution < 1.29 is 9.47 Å². The van der Waals surface area contributed by atoms with Gasteiger partial charge in [0.15, 0.2) is 0 Å². The van der Waals surface area contributed by atoms with E-state index in [1.807, 2.05) is 31.2 Å². The van der Waals surface area contributed by atoms with E-state index in [0.29, 0.717) is 13.2 Å². The van der Waals surface area contributed by atoms with Crippen LogP contribution in [0, 0.1) is 0 Å². The van der Waals surface area contributed by atoms with Gasteiger partial charge in [-0.05, 0) is 44.2 Å². The summed E-state index contributed by atoms with van der Waals surface area (Å²) in [5.74, 6) is 0.833. The molecule has 1 N–H and O–H groups in total. The monoisotopic (exact) mass is 271 g/mol. The Bertz CT molecular complexity index is 308. The molecule has 0 heterocycles. The first-order valence-electron chi connectivity index (χ1n) is 6.45. The summed E-state index contributed by atoms with van der Waals surface area (Å²) in [6.07, 6.45) is 1.10. The number of rotatable bonds is 9. The van der Waals surface area contributed by atoms with Gasteiger partial charge >= 0.3 is 0 Å². The van der Waals surface area contributed by atoms with E-state index >= 15 is 0 Å². The normalized spacial score (nSPS) is 12.4. The SMILES string of the molecule is CCCNC(COCC)COc1ccc(Cl)cc1. The number of benzene rings is 1. The standard InChI is InChI=1S/C14H22ClNO2/c1-3-9-16-13(10-17-4-2)11-18-14-7-5-12(15)6-8-14/h5-8,13,16H,3-4,9-11H2,1-2H3. The summed E-state index contributed by atoms with van der Waals surface area (Å²) in [7, 11) is 0. The maximum Gasteiger partial charge on any atom is 0.119 e. The molecule has 0 aliphatic carbocycles. The van der Waals surface area contributed by atoms with Crippen molar-refractivity contribution in [3.05, 3.63) is 29.3 Å². The lowest BCUT2D eigenvalue weighted by Crippen LogP contribution is -2.39. The Kier molecular flexibility index (Phi) is 7.81. The molecule has 1 aromatic carbocycles. The minimum atomic E-state index is 0.223. The molecule has 4 heteroatoms. The first-order valence-corrected chi connectivity index (χ1v) is 6.83. The lowest BCUT2D eigenvalue weighted by molar-refractivity contribution is 0.103. The molecule has 0 aliphatic rings. The summed E-state index contributed by atoms with van der Waals surface area (Å²) in [6.45, 7) is 7.11. The molecule has 3 nitrogen and oxygen atoms in total. The quantitative estimate of drug-likeness (QED) is 0.749. The second-order valence-electron chi connectivity index (χ2n) is 4.08. The van der Waals surface area contributed by atoms with Crippen molar-refractivity contribution in [2.75, 3.05) is 26.4 Å². The van der Waals surface area contributed by atoms with Crippen molar-refractivity contribution in [3.8, 4) is 5.75 Å². The molecule has 0 saturated heterocycles. The van der Waals surface area contributed by atoms with Crippen molar-refractivity contribution in [1.82, 2.24) is 5.32 Å². The van der Waals surface area contributed by atoms with Crippen LogP contribution >= 0.6 is 11.6 Å². The maximum absolute atomic E-state index is 5.82. The van der Waals surface area contributed by atoms with Crippen LogP contribution in [0.3, 0.4) is 0 Å². The highest BCUT2D eigenvalue weighted by Crippen LogP contribution is 2.15. The van der Waals surface area contributed by atoms with E-state index in [1.165, 1.54) is 0 Å². The molecule has 0 bridgehead atoms. The Hall–Kier alpha value is -0.770. The molecular weight excluding hydrogens is 250 g/mol. The van der Waals surface area contributed by atoms with E-state index in [0.717, 1.165) is 30.3 Å². The average molecular weight is 272 g/mol. The number of ether oxygens (including phenoxy) is 2. The van der Waals surface area contributed by atoms with Crippen molar-refractivity contribution in [2.24, 2.45) is 0 Å². The average Bonchev–Trinajstić information content (AvgIpc) is 2.40. The van der Waals surface area contributed by atoms with Gasteiger partial charge in [-0.25, -0.2) is 0 Å². The minimum Gasteiger partial charge on any atom is -0.492 e. The third-order valence-corrected chi connectivity index (χ3v) is 2.72. The molecule has 0 amide bonds. The molecule has 0 saturated carbocycles. The number of hydrogen-bond donors (Lipinski definition) is 1. The summed E-state index contributed by atoms with van der Waals surface area (Å²) >= 11 is 5.82. The van der Waals surface area contributed by atoms with Crippen LogP contribution in [-0.4, -0.2) is 32.4 Å². The molecule has 1 aromatic rings. The van der Waals surface area contributed by atoms with E-state index in [4.69, 9.17) is 21.1 Å². The molecule has 0 aliphatic heterocycles. The summed E-state index contributed by atoms with van der Waals surface area (Å²) in [4.78, 5) is 0. The fourth-order valence-electron chi connectivity index (χ4n) is 1.50. The first-order chi connectivity index (χ1) is 8.76. The molecule has 1 rings (SSSR count). The number of halogens is 1. The van der Waals surface area contributed by atoms with Gasteiger partial charge in [0.05, 0.1) is 12.6 Å². The van der Waals surface area contributed by atoms with Crippen LogP contribution in [0.1, 0.15) is 20.3 Å². The summed E-state index contributed by atoms with van der Waals surface area (Å²) in [6, 6.07) is 7.63.